The second-order valence-corrected chi connectivity index (χ2v) is 4.75. The fourth-order valence-corrected chi connectivity index (χ4v) is 2.01. The number of amides is 1. The number of pyridine rings is 1. The lowest BCUT2D eigenvalue weighted by molar-refractivity contribution is -0.0389. The van der Waals surface area contributed by atoms with Crippen molar-refractivity contribution >= 4 is 17.5 Å². The molecule has 2 rings (SSSR count). The number of nitrogens with zero attached hydrogens (tertiary/aromatic N) is 2. The molecule has 17 heavy (non-hydrogen) atoms. The molecule has 0 bridgehead atoms. The minimum Gasteiger partial charge on any atom is -0.375 e. The summed E-state index contributed by atoms with van der Waals surface area (Å²) in [6.07, 6.45) is 1.61. The maximum absolute atomic E-state index is 12.3. The van der Waals surface area contributed by atoms with Crippen molar-refractivity contribution in [1.29, 1.82) is 0 Å². The standard InChI is InChI=1S/C12H15ClN2O2/c1-8-7-17-9(2)6-15(8)12(16)11-5-10(13)3-4-14-11/h3-5,8-9H,6-7H2,1-2H3/t8-,9+/m0/s1. The van der Waals surface area contributed by atoms with Gasteiger partial charge in [-0.25, -0.2) is 0 Å². The van der Waals surface area contributed by atoms with Crippen LogP contribution in [0.25, 0.3) is 0 Å². The van der Waals surface area contributed by atoms with Crippen LogP contribution in [0.1, 0.15) is 24.3 Å². The summed E-state index contributed by atoms with van der Waals surface area (Å²) in [7, 11) is 0. The first kappa shape index (κ1) is 12.3. The first-order valence-electron chi connectivity index (χ1n) is 5.62. The maximum atomic E-state index is 12.3. The fraction of sp³-hybridized carbons (Fsp3) is 0.500. The summed E-state index contributed by atoms with van der Waals surface area (Å²) in [5, 5.41) is 0.525. The number of ether oxygens (including phenoxy) is 1. The molecule has 92 valence electrons. The van der Waals surface area contributed by atoms with Gasteiger partial charge in [-0.2, -0.15) is 0 Å². The van der Waals surface area contributed by atoms with Gasteiger partial charge in [0.2, 0.25) is 0 Å². The van der Waals surface area contributed by atoms with Gasteiger partial charge in [-0.3, -0.25) is 9.78 Å². The Morgan fingerprint density at radius 2 is 2.35 bits per heavy atom. The van der Waals surface area contributed by atoms with Crippen molar-refractivity contribution in [2.45, 2.75) is 26.0 Å². The lowest BCUT2D eigenvalue weighted by atomic mass is 10.2. The van der Waals surface area contributed by atoms with Gasteiger partial charge in [0.25, 0.3) is 5.91 Å². The smallest absolute Gasteiger partial charge is 0.272 e. The van der Waals surface area contributed by atoms with E-state index < -0.39 is 0 Å². The van der Waals surface area contributed by atoms with Gasteiger partial charge in [0, 0.05) is 17.8 Å². The summed E-state index contributed by atoms with van der Waals surface area (Å²) in [5.41, 5.74) is 0.387. The van der Waals surface area contributed by atoms with Crippen molar-refractivity contribution < 1.29 is 9.53 Å². The monoisotopic (exact) mass is 254 g/mol. The largest absolute Gasteiger partial charge is 0.375 e. The topological polar surface area (TPSA) is 42.4 Å². The van der Waals surface area contributed by atoms with E-state index in [1.807, 2.05) is 13.8 Å². The molecule has 0 radical (unpaired) electrons. The third-order valence-corrected chi connectivity index (χ3v) is 3.04. The van der Waals surface area contributed by atoms with Crippen LogP contribution >= 0.6 is 11.6 Å². The van der Waals surface area contributed by atoms with E-state index in [0.717, 1.165) is 0 Å². The minimum absolute atomic E-state index is 0.0642. The molecule has 0 N–H and O–H groups in total. The normalized spacial score (nSPS) is 24.8. The molecule has 1 saturated heterocycles. The Morgan fingerprint density at radius 1 is 1.59 bits per heavy atom. The van der Waals surface area contributed by atoms with Crippen LogP contribution in [0.3, 0.4) is 0 Å². The van der Waals surface area contributed by atoms with Crippen LogP contribution in [0.4, 0.5) is 0 Å². The van der Waals surface area contributed by atoms with Crippen LogP contribution in [-0.4, -0.2) is 41.1 Å². The number of hydrogen-bond acceptors (Lipinski definition) is 3. The SMILES string of the molecule is C[C@@H]1CN(C(=O)c2cc(Cl)ccn2)[C@@H](C)CO1. The molecule has 2 heterocycles. The van der Waals surface area contributed by atoms with Gasteiger partial charge in [-0.05, 0) is 26.0 Å². The van der Waals surface area contributed by atoms with E-state index in [1.54, 1.807) is 23.2 Å². The molecule has 1 aliphatic heterocycles. The van der Waals surface area contributed by atoms with Gasteiger partial charge in [-0.1, -0.05) is 11.6 Å². The highest BCUT2D eigenvalue weighted by atomic mass is 35.5. The number of carbonyl (C=O) groups excluding carboxylic acids is 1. The Labute approximate surface area is 106 Å². The van der Waals surface area contributed by atoms with E-state index in [4.69, 9.17) is 16.3 Å². The molecule has 5 heteroatoms. The Morgan fingerprint density at radius 3 is 3.06 bits per heavy atom. The van der Waals surface area contributed by atoms with Gasteiger partial charge in [-0.15, -0.1) is 0 Å². The van der Waals surface area contributed by atoms with Crippen LogP contribution in [0.2, 0.25) is 5.02 Å². The highest BCUT2D eigenvalue weighted by Crippen LogP contribution is 2.16. The molecular formula is C12H15ClN2O2. The molecule has 2 atom stereocenters. The molecule has 0 unspecified atom stereocenters. The lowest BCUT2D eigenvalue weighted by Crippen LogP contribution is -2.50. The number of carbonyl (C=O) groups is 1. The fourth-order valence-electron chi connectivity index (χ4n) is 1.86. The zero-order valence-electron chi connectivity index (χ0n) is 9.89. The molecule has 1 aromatic heterocycles. The molecule has 0 aliphatic carbocycles. The molecule has 0 aromatic carbocycles. The van der Waals surface area contributed by atoms with Crippen molar-refractivity contribution in [1.82, 2.24) is 9.88 Å². The zero-order chi connectivity index (χ0) is 12.4. The minimum atomic E-state index is -0.0878. The van der Waals surface area contributed by atoms with E-state index >= 15 is 0 Å². The van der Waals surface area contributed by atoms with Gasteiger partial charge >= 0.3 is 0 Å². The number of halogens is 1. The molecule has 1 aromatic rings. The number of aromatic nitrogens is 1. The van der Waals surface area contributed by atoms with Crippen LogP contribution in [0, 0.1) is 0 Å². The Balaban J connectivity index is 2.18. The molecule has 0 spiro atoms. The quantitative estimate of drug-likeness (QED) is 0.770. The van der Waals surface area contributed by atoms with Gasteiger partial charge in [0.1, 0.15) is 5.69 Å². The van der Waals surface area contributed by atoms with E-state index in [0.29, 0.717) is 23.9 Å². The average Bonchev–Trinajstić information content (AvgIpc) is 2.31. The van der Waals surface area contributed by atoms with Crippen molar-refractivity contribution in [3.8, 4) is 0 Å². The first-order valence-corrected chi connectivity index (χ1v) is 6.00. The lowest BCUT2D eigenvalue weighted by Gasteiger charge is -2.36. The summed E-state index contributed by atoms with van der Waals surface area (Å²) in [4.78, 5) is 18.1. The second-order valence-electron chi connectivity index (χ2n) is 4.31. The number of morpholine rings is 1. The number of hydrogen-bond donors (Lipinski definition) is 0. The van der Waals surface area contributed by atoms with Crippen LogP contribution in [0.5, 0.6) is 0 Å². The summed E-state index contributed by atoms with van der Waals surface area (Å²) in [6.45, 7) is 5.08. The molecule has 1 aliphatic rings. The predicted molar refractivity (Wildman–Crippen MR) is 65.2 cm³/mol. The van der Waals surface area contributed by atoms with Crippen molar-refractivity contribution in [2.75, 3.05) is 13.2 Å². The van der Waals surface area contributed by atoms with Gasteiger partial charge < -0.3 is 9.64 Å². The Kier molecular flexibility index (Phi) is 3.64. The third kappa shape index (κ3) is 2.76. The van der Waals surface area contributed by atoms with E-state index in [2.05, 4.69) is 4.98 Å². The van der Waals surface area contributed by atoms with Crippen molar-refractivity contribution in [3.63, 3.8) is 0 Å². The van der Waals surface area contributed by atoms with Crippen molar-refractivity contribution in [2.24, 2.45) is 0 Å². The van der Waals surface area contributed by atoms with E-state index in [1.165, 1.54) is 0 Å². The van der Waals surface area contributed by atoms with Crippen molar-refractivity contribution in [3.05, 3.63) is 29.0 Å². The second kappa shape index (κ2) is 5.02. The van der Waals surface area contributed by atoms with E-state index in [-0.39, 0.29) is 18.1 Å². The number of rotatable bonds is 1. The van der Waals surface area contributed by atoms with Gasteiger partial charge in [0.05, 0.1) is 18.8 Å². The van der Waals surface area contributed by atoms with Crippen LogP contribution in [-0.2, 0) is 4.74 Å². The Hall–Kier alpha value is -1.13. The summed E-state index contributed by atoms with van der Waals surface area (Å²) >= 11 is 5.86. The highest BCUT2D eigenvalue weighted by Gasteiger charge is 2.28. The Bertz CT molecular complexity index is 425. The molecule has 1 amide bonds. The molecule has 1 fully saturated rings. The molecular weight excluding hydrogens is 240 g/mol. The first-order chi connectivity index (χ1) is 8.08. The summed E-state index contributed by atoms with van der Waals surface area (Å²) in [6, 6.07) is 3.32. The summed E-state index contributed by atoms with van der Waals surface area (Å²) < 4.78 is 5.49. The van der Waals surface area contributed by atoms with Gasteiger partial charge in [0.15, 0.2) is 0 Å². The third-order valence-electron chi connectivity index (χ3n) is 2.81. The maximum Gasteiger partial charge on any atom is 0.272 e. The van der Waals surface area contributed by atoms with E-state index in [9.17, 15) is 4.79 Å². The van der Waals surface area contributed by atoms with Crippen LogP contribution in [0.15, 0.2) is 18.3 Å². The zero-order valence-corrected chi connectivity index (χ0v) is 10.6. The molecule has 4 nitrogen and oxygen atoms in total. The highest BCUT2D eigenvalue weighted by molar-refractivity contribution is 6.30. The average molecular weight is 255 g/mol. The summed E-state index contributed by atoms with van der Waals surface area (Å²) in [5.74, 6) is -0.0878. The predicted octanol–water partition coefficient (Wildman–Crippen LogP) is 1.98. The van der Waals surface area contributed by atoms with Crippen LogP contribution < -0.4 is 0 Å². The molecule has 0 saturated carbocycles.